The lowest BCUT2D eigenvalue weighted by Crippen LogP contribution is -2.00. The van der Waals surface area contributed by atoms with Gasteiger partial charge in [-0.3, -0.25) is 0 Å². The molecule has 15 rings (SSSR count). The second kappa shape index (κ2) is 15.0. The molecule has 326 valence electrons. The van der Waals surface area contributed by atoms with Crippen molar-refractivity contribution < 1.29 is 20.1 Å². The van der Waals surface area contributed by atoms with Gasteiger partial charge in [-0.05, 0) is 77.9 Å². The Morgan fingerprint density at radius 3 is 1.79 bits per heavy atom. The molecule has 0 unspecified atom stereocenters. The van der Waals surface area contributed by atoms with Crippen molar-refractivity contribution in [1.82, 2.24) is 19.5 Å². The second-order valence-electron chi connectivity index (χ2n) is 17.5. The molecule has 5 heterocycles. The lowest BCUT2D eigenvalue weighted by molar-refractivity contribution is 0.665. The van der Waals surface area contributed by atoms with Crippen LogP contribution in [-0.2, 0) is 0 Å². The summed E-state index contributed by atoms with van der Waals surface area (Å²) in [6, 6.07) is 61.2. The molecule has 5 aromatic heterocycles. The molecule has 0 N–H and O–H groups in total. The molecule has 70 heavy (non-hydrogen) atoms. The van der Waals surface area contributed by atoms with Crippen molar-refractivity contribution in [2.24, 2.45) is 0 Å². The van der Waals surface area contributed by atoms with Crippen LogP contribution in [0.25, 0.3) is 150 Å². The van der Waals surface area contributed by atoms with Crippen LogP contribution in [0.4, 0.5) is 0 Å². The summed E-state index contributed by atoms with van der Waals surface area (Å²) in [5.41, 5.74) is 12.4. The summed E-state index contributed by atoms with van der Waals surface area (Å²) in [4.78, 5) is 14.8. The third kappa shape index (κ3) is 5.85. The summed E-state index contributed by atoms with van der Waals surface area (Å²) in [5, 5.41) is 7.75. The molecule has 10 aromatic carbocycles. The van der Waals surface area contributed by atoms with Gasteiger partial charge in [-0.2, -0.15) is 0 Å². The minimum atomic E-state index is -0.509. The van der Waals surface area contributed by atoms with Crippen molar-refractivity contribution in [1.29, 1.82) is 0 Å². The Hall–Kier alpha value is -9.59. The van der Waals surface area contributed by atoms with E-state index in [0.29, 0.717) is 27.9 Å². The highest BCUT2D eigenvalue weighted by Gasteiger charge is 2.22. The van der Waals surface area contributed by atoms with Crippen LogP contribution < -0.4 is 0 Å². The largest absolute Gasteiger partial charge is 0.456 e. The number of aromatic nitrogens is 4. The fourth-order valence-electron chi connectivity index (χ4n) is 10.4. The first kappa shape index (κ1) is 33.8. The van der Waals surface area contributed by atoms with Crippen molar-refractivity contribution in [2.45, 2.75) is 0 Å². The average Bonchev–Trinajstić information content (AvgIpc) is 4.26. The summed E-state index contributed by atoms with van der Waals surface area (Å²) in [6.07, 6.45) is 0. The zero-order valence-electron chi connectivity index (χ0n) is 41.9. The van der Waals surface area contributed by atoms with E-state index in [4.69, 9.17) is 35.1 Å². The van der Waals surface area contributed by atoms with Crippen LogP contribution in [0.5, 0.6) is 0 Å². The number of furan rings is 3. The Labute approximate surface area is 406 Å². The summed E-state index contributed by atoms with van der Waals surface area (Å²) in [7, 11) is 0. The average molecular weight is 902 g/mol. The molecule has 0 spiro atoms. The van der Waals surface area contributed by atoms with Crippen LogP contribution >= 0.6 is 0 Å². The Morgan fingerprint density at radius 2 is 0.929 bits per heavy atom. The number of hydrogen-bond donors (Lipinski definition) is 0. The molecule has 0 bridgehead atoms. The van der Waals surface area contributed by atoms with Crippen LogP contribution in [0.2, 0.25) is 0 Å². The summed E-state index contributed by atoms with van der Waals surface area (Å²) >= 11 is 0. The van der Waals surface area contributed by atoms with Gasteiger partial charge in [-0.15, -0.1) is 0 Å². The second-order valence-corrected chi connectivity index (χ2v) is 17.5. The Morgan fingerprint density at radius 1 is 0.343 bits per heavy atom. The summed E-state index contributed by atoms with van der Waals surface area (Å²) in [5.74, 6) is 0.380. The Kier molecular flexibility index (Phi) is 7.22. The normalized spacial score (nSPS) is 13.0. The summed E-state index contributed by atoms with van der Waals surface area (Å²) in [6.45, 7) is 0. The molecule has 0 aliphatic heterocycles. The molecule has 0 atom stereocenters. The van der Waals surface area contributed by atoms with Gasteiger partial charge in [0.15, 0.2) is 17.5 Å². The van der Waals surface area contributed by atoms with Gasteiger partial charge >= 0.3 is 0 Å². The van der Waals surface area contributed by atoms with Crippen LogP contribution in [0.3, 0.4) is 0 Å². The number of rotatable bonds is 6. The van der Waals surface area contributed by atoms with E-state index < -0.39 is 30.2 Å². The fourth-order valence-corrected chi connectivity index (χ4v) is 10.4. The number of hydrogen-bond acceptors (Lipinski definition) is 6. The van der Waals surface area contributed by atoms with Gasteiger partial charge < -0.3 is 17.8 Å². The van der Waals surface area contributed by atoms with E-state index in [2.05, 4.69) is 102 Å². The third-order valence-electron chi connectivity index (χ3n) is 13.6. The van der Waals surface area contributed by atoms with Gasteiger partial charge in [-0.1, -0.05) is 152 Å². The molecular formula is C63H36N4O3. The molecular weight excluding hydrogens is 861 g/mol. The summed E-state index contributed by atoms with van der Waals surface area (Å²) < 4.78 is 65.4. The first-order chi connectivity index (χ1) is 36.8. The molecule has 0 saturated heterocycles. The maximum absolute atomic E-state index is 8.92. The highest BCUT2D eigenvalue weighted by atomic mass is 16.3. The number of para-hydroxylation sites is 5. The first-order valence-electron chi connectivity index (χ1n) is 25.5. The van der Waals surface area contributed by atoms with Crippen molar-refractivity contribution in [3.05, 3.63) is 218 Å². The monoisotopic (exact) mass is 901 g/mol. The van der Waals surface area contributed by atoms with E-state index in [1.54, 1.807) is 0 Å². The van der Waals surface area contributed by atoms with Crippen molar-refractivity contribution in [3.63, 3.8) is 0 Å². The first-order valence-corrected chi connectivity index (χ1v) is 23.0. The standard InChI is InChI=1S/C63H36N4O3/c1-3-14-37(15-4-1)61-64-62(40-28-31-44-43-19-8-10-26-54(43)68-57(44)36-40)66-63(65-61)49-24-13-27-56-58(49)48-23-12-21-46(60(48)70-56)45-20-11-22-47-51-35-39(30-33-55(51)69-59(45)47)38-29-32-53-50(34-38)42-18-7-9-25-52(42)67(53)41-16-5-2-6-17-41/h1-36H/i1D,3D,4D,14D,15D. The molecule has 0 aliphatic carbocycles. The molecule has 0 saturated carbocycles. The van der Waals surface area contributed by atoms with E-state index in [9.17, 15) is 0 Å². The maximum Gasteiger partial charge on any atom is 0.164 e. The highest BCUT2D eigenvalue weighted by Crippen LogP contribution is 2.45. The van der Waals surface area contributed by atoms with Crippen LogP contribution in [0.1, 0.15) is 6.85 Å². The van der Waals surface area contributed by atoms with Gasteiger partial charge in [0, 0.05) is 76.6 Å². The molecule has 0 aliphatic rings. The fraction of sp³-hybridized carbons (Fsp3) is 0. The molecule has 15 aromatic rings. The van der Waals surface area contributed by atoms with E-state index >= 15 is 0 Å². The van der Waals surface area contributed by atoms with Crippen LogP contribution in [-0.4, -0.2) is 19.5 Å². The number of benzene rings is 10. The predicted octanol–water partition coefficient (Wildman–Crippen LogP) is 17.0. The minimum absolute atomic E-state index is 0.0712. The maximum atomic E-state index is 8.92. The van der Waals surface area contributed by atoms with Gasteiger partial charge in [0.2, 0.25) is 0 Å². The topological polar surface area (TPSA) is 83.0 Å². The Balaban J connectivity index is 0.875. The van der Waals surface area contributed by atoms with E-state index in [-0.39, 0.29) is 23.0 Å². The zero-order chi connectivity index (χ0) is 50.2. The zero-order valence-corrected chi connectivity index (χ0v) is 36.9. The van der Waals surface area contributed by atoms with Crippen molar-refractivity contribution in [2.75, 3.05) is 0 Å². The molecule has 0 amide bonds. The van der Waals surface area contributed by atoms with Gasteiger partial charge in [0.25, 0.3) is 0 Å². The highest BCUT2D eigenvalue weighted by molar-refractivity contribution is 6.18. The lowest BCUT2D eigenvalue weighted by Gasteiger charge is -2.09. The van der Waals surface area contributed by atoms with Crippen LogP contribution in [0.15, 0.2) is 232 Å². The Bertz CT molecular complexity index is 4890. The molecule has 7 nitrogen and oxygen atoms in total. The quantitative estimate of drug-likeness (QED) is 0.165. The van der Waals surface area contributed by atoms with Gasteiger partial charge in [-0.25, -0.2) is 15.0 Å². The number of nitrogens with zero attached hydrogens (tertiary/aromatic N) is 4. The third-order valence-corrected chi connectivity index (χ3v) is 13.6. The van der Waals surface area contributed by atoms with Crippen LogP contribution in [0, 0.1) is 0 Å². The minimum Gasteiger partial charge on any atom is -0.456 e. The lowest BCUT2D eigenvalue weighted by atomic mass is 9.97. The van der Waals surface area contributed by atoms with E-state index in [1.165, 1.54) is 10.8 Å². The number of fused-ring (bicyclic) bond motifs is 12. The van der Waals surface area contributed by atoms with E-state index in [1.807, 2.05) is 91.0 Å². The predicted molar refractivity (Wildman–Crippen MR) is 283 cm³/mol. The molecule has 0 fully saturated rings. The van der Waals surface area contributed by atoms with Gasteiger partial charge in [0.05, 0.1) is 17.9 Å². The molecule has 7 heteroatoms. The van der Waals surface area contributed by atoms with Crippen molar-refractivity contribution >= 4 is 87.6 Å². The smallest absolute Gasteiger partial charge is 0.164 e. The van der Waals surface area contributed by atoms with E-state index in [0.717, 1.165) is 88.0 Å². The van der Waals surface area contributed by atoms with Gasteiger partial charge in [0.1, 0.15) is 33.5 Å². The SMILES string of the molecule is [2H]c1c([2H])c([2H])c(-c2nc(-c3ccc4c(c3)oc3ccccc34)nc(-c3cccc4oc5c(-c6cccc7c6oc6ccc(-c8ccc9c(c8)c8ccccc8n9-c8ccccc8)cc67)cccc5c34)n2)c([2H])c1[2H]. The van der Waals surface area contributed by atoms with Crippen molar-refractivity contribution in [3.8, 4) is 62.1 Å². The molecule has 0 radical (unpaired) electrons.